The van der Waals surface area contributed by atoms with Crippen molar-refractivity contribution in [1.29, 1.82) is 0 Å². The lowest BCUT2D eigenvalue weighted by molar-refractivity contribution is -0.142. The van der Waals surface area contributed by atoms with E-state index in [0.717, 1.165) is 25.7 Å². The molecule has 0 radical (unpaired) electrons. The van der Waals surface area contributed by atoms with Crippen LogP contribution in [0.1, 0.15) is 105 Å². The predicted octanol–water partition coefficient (Wildman–Crippen LogP) is 8.69. The second-order valence-electron chi connectivity index (χ2n) is 17.1. The number of pyridine rings is 1. The molecule has 0 unspecified atom stereocenters. The van der Waals surface area contributed by atoms with Gasteiger partial charge in [0.15, 0.2) is 5.60 Å². The minimum atomic E-state index is -4.01. The van der Waals surface area contributed by atoms with E-state index in [1.165, 1.54) is 12.0 Å². The Morgan fingerprint density at radius 3 is 2.30 bits per heavy atom. The number of carbonyl (C=O) groups excluding carboxylic acids is 4. The predicted molar refractivity (Wildman–Crippen MR) is 255 cm³/mol. The van der Waals surface area contributed by atoms with Crippen molar-refractivity contribution in [3.05, 3.63) is 60.7 Å². The van der Waals surface area contributed by atoms with E-state index in [4.69, 9.17) is 23.9 Å². The van der Waals surface area contributed by atoms with Crippen LogP contribution in [0.25, 0.3) is 22.2 Å². The highest BCUT2D eigenvalue weighted by atomic mass is 32.2. The number of carbonyl (C=O) groups is 4. The molecule has 6 rings (SSSR count). The van der Waals surface area contributed by atoms with Crippen molar-refractivity contribution >= 4 is 44.7 Å². The lowest BCUT2D eigenvalue weighted by Gasteiger charge is -2.33. The molecule has 1 aliphatic carbocycles. The average molecular weight is 950 g/mol. The van der Waals surface area contributed by atoms with Crippen LogP contribution in [0.15, 0.2) is 60.7 Å². The molecule has 1 saturated carbocycles. The molecule has 0 bridgehead atoms. The van der Waals surface area contributed by atoms with Crippen molar-refractivity contribution in [1.82, 2.24) is 25.2 Å². The molecule has 1 aromatic heterocycles. The largest absolute Gasteiger partial charge is 0.497 e. The number of rotatable bonds is 11. The minimum absolute atomic E-state index is 0. The number of hydrogen-bond acceptors (Lipinski definition) is 11. The molecule has 3 heterocycles. The summed E-state index contributed by atoms with van der Waals surface area (Å²) in [6.07, 6.45) is 1.70. The van der Waals surface area contributed by atoms with E-state index < -0.39 is 81.4 Å². The van der Waals surface area contributed by atoms with Crippen LogP contribution in [0, 0.1) is 11.8 Å². The number of alkyl halides is 2. The molecule has 2 aliphatic heterocycles. The number of halogens is 2. The van der Waals surface area contributed by atoms with Crippen LogP contribution in [-0.4, -0.2) is 104 Å². The Bertz CT molecular complexity index is 2330. The van der Waals surface area contributed by atoms with Crippen molar-refractivity contribution < 1.29 is 59.6 Å². The Kier molecular flexibility index (Phi) is 18.3. The number of methoxy groups -OCH3 is 1. The summed E-state index contributed by atoms with van der Waals surface area (Å²) in [6, 6.07) is 11.8. The zero-order valence-electron chi connectivity index (χ0n) is 39.9. The van der Waals surface area contributed by atoms with Gasteiger partial charge in [-0.15, -0.1) is 0 Å². The van der Waals surface area contributed by atoms with E-state index in [9.17, 15) is 36.4 Å². The number of nitrogens with one attached hydrogen (secondary N) is 3. The Labute approximate surface area is 392 Å². The number of allylic oxidation sites excluding steroid dienone is 1. The molecular formula is C48H73F2N5O10S. The second kappa shape index (κ2) is 22.8. The zero-order chi connectivity index (χ0) is 49.1. The summed E-state index contributed by atoms with van der Waals surface area (Å²) in [7, 11) is -2.48. The first kappa shape index (κ1) is 53.1. The van der Waals surface area contributed by atoms with Gasteiger partial charge in [0.1, 0.15) is 41.0 Å². The lowest BCUT2D eigenvalue weighted by Crippen LogP contribution is -2.59. The third kappa shape index (κ3) is 13.3. The van der Waals surface area contributed by atoms with Crippen LogP contribution < -0.4 is 29.6 Å². The summed E-state index contributed by atoms with van der Waals surface area (Å²) >= 11 is 0. The number of fused-ring (bicyclic) bond motifs is 3. The van der Waals surface area contributed by atoms with Crippen LogP contribution in [0.5, 0.6) is 17.2 Å². The Balaban J connectivity index is 0.00000331. The van der Waals surface area contributed by atoms with Gasteiger partial charge in [-0.1, -0.05) is 53.2 Å². The molecule has 4 amide bonds. The number of hydrogen-bond donors (Lipinski definition) is 3. The molecule has 2 aromatic carbocycles. The van der Waals surface area contributed by atoms with Gasteiger partial charge < -0.3 is 34.5 Å². The van der Waals surface area contributed by atoms with Crippen molar-refractivity contribution in [3.63, 3.8) is 0 Å². The summed E-state index contributed by atoms with van der Waals surface area (Å²) < 4.78 is 77.0. The third-order valence-electron chi connectivity index (χ3n) is 11.3. The van der Waals surface area contributed by atoms with Crippen LogP contribution in [0.4, 0.5) is 13.6 Å². The molecule has 3 aromatic rings. The van der Waals surface area contributed by atoms with Gasteiger partial charge in [0.05, 0.1) is 37.2 Å². The molecule has 18 heteroatoms. The molecule has 6 atom stereocenters. The van der Waals surface area contributed by atoms with E-state index in [1.807, 2.05) is 76.6 Å². The summed E-state index contributed by atoms with van der Waals surface area (Å²) in [5, 5.41) is 5.92. The molecule has 370 valence electrons. The molecule has 15 nitrogen and oxygen atoms in total. The molecule has 3 aliphatic rings. The second-order valence-corrected chi connectivity index (χ2v) is 18.9. The quantitative estimate of drug-likeness (QED) is 0.156. The zero-order valence-corrected chi connectivity index (χ0v) is 40.7. The van der Waals surface area contributed by atoms with Crippen LogP contribution in [-0.2, 0) is 29.1 Å². The number of sulfonamides is 1. The number of alkyl carbamates (subject to hydrolysis) is 1. The topological polar surface area (TPSA) is 192 Å². The highest BCUT2D eigenvalue weighted by Gasteiger charge is 2.61. The van der Waals surface area contributed by atoms with Gasteiger partial charge in [0.2, 0.25) is 21.8 Å². The van der Waals surface area contributed by atoms with Gasteiger partial charge >= 0.3 is 6.09 Å². The molecule has 2 fully saturated rings. The highest BCUT2D eigenvalue weighted by molar-refractivity contribution is 7.89. The normalized spacial score (nSPS) is 23.8. The maximum absolute atomic E-state index is 14.8. The number of benzene rings is 2. The van der Waals surface area contributed by atoms with Gasteiger partial charge in [0, 0.05) is 39.7 Å². The van der Waals surface area contributed by atoms with Gasteiger partial charge in [-0.25, -0.2) is 27.0 Å². The molecule has 3 N–H and O–H groups in total. The summed E-state index contributed by atoms with van der Waals surface area (Å²) in [5.41, 5.74) is -1.95. The van der Waals surface area contributed by atoms with Crippen molar-refractivity contribution in [2.24, 2.45) is 11.8 Å². The van der Waals surface area contributed by atoms with Gasteiger partial charge in [0.25, 0.3) is 12.3 Å². The maximum Gasteiger partial charge on any atom is 0.408 e. The Morgan fingerprint density at radius 1 is 1.02 bits per heavy atom. The molecule has 1 saturated heterocycles. The van der Waals surface area contributed by atoms with E-state index in [0.29, 0.717) is 59.5 Å². The number of nitrogens with zero attached hydrogens (tertiary/aromatic N) is 2. The van der Waals surface area contributed by atoms with Crippen molar-refractivity contribution in [2.75, 3.05) is 19.9 Å². The van der Waals surface area contributed by atoms with Gasteiger partial charge in [-0.3, -0.25) is 19.1 Å². The fraction of sp³-hybridized carbons (Fsp3) is 0.562. The fourth-order valence-corrected chi connectivity index (χ4v) is 8.36. The summed E-state index contributed by atoms with van der Waals surface area (Å²) in [6.45, 7) is 15.5. The van der Waals surface area contributed by atoms with E-state index in [2.05, 4.69) is 10.6 Å². The fourth-order valence-electron chi connectivity index (χ4n) is 7.85. The van der Waals surface area contributed by atoms with Crippen LogP contribution >= 0.6 is 0 Å². The monoisotopic (exact) mass is 950 g/mol. The van der Waals surface area contributed by atoms with Crippen LogP contribution in [0.2, 0.25) is 0 Å². The highest BCUT2D eigenvalue weighted by Crippen LogP contribution is 2.46. The standard InChI is InChI=1S/C44H55F2N5O10S.2C2H6.3H2/c1-25(2)59-29-16-14-27(15-17-29)33-22-36(32-19-18-30(58-6)20-34(32)47-33)60-31-21-35-38(52)49-44(41(54)50-62(7,56)57)23-28(44)13-11-9-8-10-12-26(3)37(39(53)51(35)24-31)48-42(55)61-43(4,5)40(45)46;2*1-2;;;/h11,13-20,22,25-26,28,31,35,37,40H,8-10,12,21,23-24H2,1-7H3,(H,48,55)(H,49,52)(H,50,54);2*1-2H3;3*1H/b13-11-;;;;;/t26-,28-,31-,35+,37+,44-;;;;;/m1...../s1. The average Bonchev–Trinajstić information content (AvgIpc) is 3.80. The van der Waals surface area contributed by atoms with Gasteiger partial charge in [-0.2, -0.15) is 0 Å². The maximum atomic E-state index is 14.8. The number of amides is 4. The first-order valence-corrected chi connectivity index (χ1v) is 24.6. The first-order chi connectivity index (χ1) is 31.2. The summed E-state index contributed by atoms with van der Waals surface area (Å²) in [4.78, 5) is 62.3. The van der Waals surface area contributed by atoms with Crippen molar-refractivity contribution in [2.45, 2.75) is 143 Å². The molecule has 66 heavy (non-hydrogen) atoms. The lowest BCUT2D eigenvalue weighted by atomic mass is 9.93. The summed E-state index contributed by atoms with van der Waals surface area (Å²) in [5.74, 6) is -1.81. The smallest absolute Gasteiger partial charge is 0.408 e. The molecule has 0 spiro atoms. The Morgan fingerprint density at radius 2 is 1.68 bits per heavy atom. The van der Waals surface area contributed by atoms with Gasteiger partial charge in [-0.05, 0) is 95.7 Å². The van der Waals surface area contributed by atoms with Crippen molar-refractivity contribution in [3.8, 4) is 28.5 Å². The SMILES string of the molecule is CC.CC.COc1ccc2c(O[C@@H]3C[C@H]4C(=O)N[C@]5(C(=O)NS(C)(=O)=O)C[C@H]5/C=C\CCCC[C@@H](C)[C@H](NC(=O)OC(C)(C)C(F)F)C(=O)N4C3)cc(-c3ccc(OC(C)C)cc3)nc2c1.[HH].[HH].[HH]. The van der Waals surface area contributed by atoms with E-state index in [-0.39, 0.29) is 29.8 Å². The van der Waals surface area contributed by atoms with Crippen LogP contribution in [0.3, 0.4) is 0 Å². The Hall–Kier alpha value is -5.52. The minimum Gasteiger partial charge on any atom is -0.497 e. The third-order valence-corrected chi connectivity index (χ3v) is 11.9. The van der Waals surface area contributed by atoms with E-state index in [1.54, 1.807) is 37.3 Å². The first-order valence-electron chi connectivity index (χ1n) is 22.7. The number of aromatic nitrogens is 1. The number of ether oxygens (including phenoxy) is 4. The molecular weight excluding hydrogens is 877 g/mol. The van der Waals surface area contributed by atoms with E-state index >= 15 is 0 Å².